The molecule has 0 aromatic rings. The molecule has 15 heavy (non-hydrogen) atoms. The van der Waals surface area contributed by atoms with Crippen LogP contribution in [0.25, 0.3) is 0 Å². The van der Waals surface area contributed by atoms with Crippen LogP contribution in [0.5, 0.6) is 0 Å². The van der Waals surface area contributed by atoms with Gasteiger partial charge in [0.1, 0.15) is 0 Å². The molecule has 0 heterocycles. The van der Waals surface area contributed by atoms with E-state index in [1.807, 2.05) is 0 Å². The van der Waals surface area contributed by atoms with Crippen LogP contribution in [0.2, 0.25) is 0 Å². The van der Waals surface area contributed by atoms with E-state index in [1.54, 1.807) is 7.05 Å². The van der Waals surface area contributed by atoms with Crippen molar-refractivity contribution in [2.45, 2.75) is 44.8 Å². The Balaban J connectivity index is 2.40. The van der Waals surface area contributed by atoms with E-state index in [0.29, 0.717) is 12.6 Å². The zero-order chi connectivity index (χ0) is 11.3. The van der Waals surface area contributed by atoms with Crippen molar-refractivity contribution < 1.29 is 9.90 Å². The van der Waals surface area contributed by atoms with Gasteiger partial charge in [0.2, 0.25) is 5.91 Å². The van der Waals surface area contributed by atoms with Gasteiger partial charge in [-0.15, -0.1) is 0 Å². The van der Waals surface area contributed by atoms with Crippen molar-refractivity contribution in [1.82, 2.24) is 10.2 Å². The fraction of sp³-hybridized carbons (Fsp3) is 0.909. The average molecular weight is 214 g/mol. The van der Waals surface area contributed by atoms with Crippen molar-refractivity contribution in [2.75, 3.05) is 20.1 Å². The average Bonchev–Trinajstić information content (AvgIpc) is 2.27. The lowest BCUT2D eigenvalue weighted by Crippen LogP contribution is -2.44. The van der Waals surface area contributed by atoms with Crippen molar-refractivity contribution in [3.05, 3.63) is 0 Å². The maximum absolute atomic E-state index is 11.3. The summed E-state index contributed by atoms with van der Waals surface area (Å²) in [6.45, 7) is 3.45. The molecule has 88 valence electrons. The molecule has 1 aliphatic carbocycles. The zero-order valence-corrected chi connectivity index (χ0v) is 9.70. The van der Waals surface area contributed by atoms with Crippen LogP contribution in [0.4, 0.5) is 0 Å². The van der Waals surface area contributed by atoms with Crippen molar-refractivity contribution in [1.29, 1.82) is 0 Å². The predicted octanol–water partition coefficient (Wildman–Crippen LogP) is 0.358. The molecule has 1 saturated carbocycles. The third-order valence-corrected chi connectivity index (χ3v) is 3.21. The first kappa shape index (κ1) is 12.5. The largest absolute Gasteiger partial charge is 0.393 e. The molecule has 0 aromatic carbocycles. The van der Waals surface area contributed by atoms with Crippen LogP contribution in [-0.2, 0) is 4.79 Å². The molecule has 4 heteroatoms. The molecule has 1 rings (SSSR count). The van der Waals surface area contributed by atoms with E-state index >= 15 is 0 Å². The van der Waals surface area contributed by atoms with E-state index in [0.717, 1.165) is 32.2 Å². The van der Waals surface area contributed by atoms with Crippen molar-refractivity contribution >= 4 is 5.91 Å². The highest BCUT2D eigenvalue weighted by atomic mass is 16.3. The molecule has 0 aromatic heterocycles. The molecule has 0 saturated heterocycles. The number of hydrogen-bond acceptors (Lipinski definition) is 3. The summed E-state index contributed by atoms with van der Waals surface area (Å²) in [6.07, 6.45) is 3.63. The number of carbonyl (C=O) groups excluding carboxylic acids is 1. The van der Waals surface area contributed by atoms with Gasteiger partial charge in [-0.3, -0.25) is 9.69 Å². The SMILES string of the molecule is CCN(CC(=O)NC)C1CCC(O)CC1. The molecule has 0 bridgehead atoms. The normalized spacial score (nSPS) is 26.7. The van der Waals surface area contributed by atoms with E-state index in [9.17, 15) is 9.90 Å². The maximum atomic E-state index is 11.3. The number of nitrogens with zero attached hydrogens (tertiary/aromatic N) is 1. The first-order valence-corrected chi connectivity index (χ1v) is 5.80. The lowest BCUT2D eigenvalue weighted by molar-refractivity contribution is -0.122. The highest BCUT2D eigenvalue weighted by Gasteiger charge is 2.24. The second kappa shape index (κ2) is 6.08. The van der Waals surface area contributed by atoms with Crippen molar-refractivity contribution in [2.24, 2.45) is 0 Å². The van der Waals surface area contributed by atoms with Gasteiger partial charge in [0.15, 0.2) is 0 Å². The lowest BCUT2D eigenvalue weighted by Gasteiger charge is -2.34. The molecule has 2 N–H and O–H groups in total. The number of aliphatic hydroxyl groups excluding tert-OH is 1. The smallest absolute Gasteiger partial charge is 0.233 e. The lowest BCUT2D eigenvalue weighted by atomic mass is 9.92. The van der Waals surface area contributed by atoms with Crippen LogP contribution < -0.4 is 5.32 Å². The molecule has 1 amide bonds. The Bertz CT molecular complexity index is 201. The van der Waals surface area contributed by atoms with Gasteiger partial charge in [-0.2, -0.15) is 0 Å². The quantitative estimate of drug-likeness (QED) is 0.710. The Morgan fingerprint density at radius 2 is 2.00 bits per heavy atom. The van der Waals surface area contributed by atoms with E-state index in [4.69, 9.17) is 0 Å². The Kier molecular flexibility index (Phi) is 5.05. The van der Waals surface area contributed by atoms with Crippen LogP contribution in [0.1, 0.15) is 32.6 Å². The fourth-order valence-corrected chi connectivity index (χ4v) is 2.19. The van der Waals surface area contributed by atoms with Gasteiger partial charge >= 0.3 is 0 Å². The molecule has 1 aliphatic rings. The molecule has 1 fully saturated rings. The summed E-state index contributed by atoms with van der Waals surface area (Å²) < 4.78 is 0. The molecular formula is C11H22N2O2. The maximum Gasteiger partial charge on any atom is 0.233 e. The van der Waals surface area contributed by atoms with Gasteiger partial charge in [-0.25, -0.2) is 0 Å². The van der Waals surface area contributed by atoms with E-state index in [2.05, 4.69) is 17.1 Å². The number of aliphatic hydroxyl groups is 1. The fourth-order valence-electron chi connectivity index (χ4n) is 2.19. The first-order chi connectivity index (χ1) is 7.17. The van der Waals surface area contributed by atoms with E-state index in [-0.39, 0.29) is 12.0 Å². The minimum absolute atomic E-state index is 0.0722. The van der Waals surface area contributed by atoms with Crippen LogP contribution in [0, 0.1) is 0 Å². The van der Waals surface area contributed by atoms with Gasteiger partial charge in [-0.05, 0) is 32.2 Å². The second-order valence-corrected chi connectivity index (χ2v) is 4.20. The molecule has 0 aliphatic heterocycles. The van der Waals surface area contributed by atoms with E-state index < -0.39 is 0 Å². The summed E-state index contributed by atoms with van der Waals surface area (Å²) in [5.74, 6) is 0.0722. The molecule has 0 radical (unpaired) electrons. The van der Waals surface area contributed by atoms with Gasteiger partial charge in [-0.1, -0.05) is 6.92 Å². The number of amides is 1. The second-order valence-electron chi connectivity index (χ2n) is 4.20. The number of rotatable bonds is 4. The third-order valence-electron chi connectivity index (χ3n) is 3.21. The molecule has 0 spiro atoms. The summed E-state index contributed by atoms with van der Waals surface area (Å²) >= 11 is 0. The van der Waals surface area contributed by atoms with Crippen LogP contribution in [-0.4, -0.2) is 48.2 Å². The van der Waals surface area contributed by atoms with Crippen LogP contribution in [0.15, 0.2) is 0 Å². The van der Waals surface area contributed by atoms with E-state index in [1.165, 1.54) is 0 Å². The van der Waals surface area contributed by atoms with Gasteiger partial charge < -0.3 is 10.4 Å². The summed E-state index contributed by atoms with van der Waals surface area (Å²) in [6, 6.07) is 0.468. The number of carbonyl (C=O) groups is 1. The topological polar surface area (TPSA) is 52.6 Å². The monoisotopic (exact) mass is 214 g/mol. The van der Waals surface area contributed by atoms with Gasteiger partial charge in [0.05, 0.1) is 12.6 Å². The molecule has 0 unspecified atom stereocenters. The summed E-state index contributed by atoms with van der Waals surface area (Å²) in [4.78, 5) is 13.5. The molecular weight excluding hydrogens is 192 g/mol. The summed E-state index contributed by atoms with van der Waals surface area (Å²) in [5.41, 5.74) is 0. The highest BCUT2D eigenvalue weighted by molar-refractivity contribution is 5.77. The van der Waals surface area contributed by atoms with Crippen molar-refractivity contribution in [3.8, 4) is 0 Å². The minimum Gasteiger partial charge on any atom is -0.393 e. The Morgan fingerprint density at radius 3 is 2.47 bits per heavy atom. The highest BCUT2D eigenvalue weighted by Crippen LogP contribution is 2.22. The predicted molar refractivity (Wildman–Crippen MR) is 59.6 cm³/mol. The standard InChI is InChI=1S/C11H22N2O2/c1-3-13(8-11(15)12-2)9-4-6-10(14)7-5-9/h9-10,14H,3-8H2,1-2H3,(H,12,15). The van der Waals surface area contributed by atoms with Crippen molar-refractivity contribution in [3.63, 3.8) is 0 Å². The minimum atomic E-state index is -0.125. The molecule has 4 nitrogen and oxygen atoms in total. The Morgan fingerprint density at radius 1 is 1.40 bits per heavy atom. The third kappa shape index (κ3) is 3.80. The molecule has 0 atom stereocenters. The van der Waals surface area contributed by atoms with Gasteiger partial charge in [0.25, 0.3) is 0 Å². The van der Waals surface area contributed by atoms with Gasteiger partial charge in [0, 0.05) is 13.1 Å². The Hall–Kier alpha value is -0.610. The Labute approximate surface area is 91.6 Å². The van der Waals surface area contributed by atoms with Crippen LogP contribution in [0.3, 0.4) is 0 Å². The zero-order valence-electron chi connectivity index (χ0n) is 9.70. The number of nitrogens with one attached hydrogen (secondary N) is 1. The summed E-state index contributed by atoms with van der Waals surface area (Å²) in [5, 5.41) is 12.1. The first-order valence-electron chi connectivity index (χ1n) is 5.80. The summed E-state index contributed by atoms with van der Waals surface area (Å²) in [7, 11) is 1.67. The van der Waals surface area contributed by atoms with Crippen LogP contribution >= 0.6 is 0 Å². The number of hydrogen-bond donors (Lipinski definition) is 2. The number of likely N-dealkylation sites (N-methyl/N-ethyl adjacent to an activating group) is 2.